The van der Waals surface area contributed by atoms with Crippen molar-refractivity contribution in [1.82, 2.24) is 14.5 Å². The van der Waals surface area contributed by atoms with Gasteiger partial charge in [0.1, 0.15) is 11.0 Å². The summed E-state index contributed by atoms with van der Waals surface area (Å²) < 4.78 is 21.8. The Morgan fingerprint density at radius 1 is 1.33 bits per heavy atom. The zero-order valence-electron chi connectivity index (χ0n) is 17.7. The molecule has 172 valence electrons. The molecule has 2 N–H and O–H groups in total. The number of aromatic nitrogens is 3. The third-order valence-electron chi connectivity index (χ3n) is 6.11. The number of nitrogens with one attached hydrogen (secondary N) is 1. The lowest BCUT2D eigenvalue weighted by atomic mass is 10.0. The van der Waals surface area contributed by atoms with E-state index in [2.05, 4.69) is 15.2 Å². The van der Waals surface area contributed by atoms with E-state index >= 15 is 0 Å². The first-order valence-corrected chi connectivity index (χ1v) is 11.0. The van der Waals surface area contributed by atoms with Crippen LogP contribution in [0.15, 0.2) is 29.1 Å². The van der Waals surface area contributed by atoms with Crippen LogP contribution in [0.5, 0.6) is 0 Å². The van der Waals surface area contributed by atoms with Crippen LogP contribution in [-0.2, 0) is 11.3 Å². The molecular weight excluding hydrogens is 453 g/mol. The minimum Gasteiger partial charge on any atom is -0.476 e. The predicted molar refractivity (Wildman–Crippen MR) is 121 cm³/mol. The van der Waals surface area contributed by atoms with Crippen molar-refractivity contribution in [1.29, 1.82) is 0 Å². The Hall–Kier alpha value is -3.24. The lowest BCUT2D eigenvalue weighted by Gasteiger charge is -2.41. The molecule has 0 amide bonds. The number of carboxylic acid groups (broad SMARTS) is 1. The number of benzene rings is 1. The number of nitrogens with zero attached hydrogens (tertiary/aromatic N) is 4. The van der Waals surface area contributed by atoms with Gasteiger partial charge in [-0.15, -0.1) is 0 Å². The molecule has 5 rings (SSSR count). The van der Waals surface area contributed by atoms with E-state index < -0.39 is 17.8 Å². The summed E-state index contributed by atoms with van der Waals surface area (Å²) in [5.74, 6) is -1.27. The number of ether oxygens (including phenoxy) is 1. The maximum Gasteiger partial charge on any atom is 0.356 e. The lowest BCUT2D eigenvalue weighted by molar-refractivity contribution is 0.0691. The van der Waals surface area contributed by atoms with Gasteiger partial charge in [-0.2, -0.15) is 0 Å². The average molecular weight is 474 g/mol. The second kappa shape index (κ2) is 8.27. The Kier molecular flexibility index (Phi) is 5.41. The van der Waals surface area contributed by atoms with Gasteiger partial charge in [0, 0.05) is 18.7 Å². The van der Waals surface area contributed by atoms with Crippen molar-refractivity contribution in [3.63, 3.8) is 0 Å². The number of hydrogen-bond acceptors (Lipinski definition) is 7. The van der Waals surface area contributed by atoms with E-state index in [-0.39, 0.29) is 33.5 Å². The molecule has 2 aliphatic rings. The fourth-order valence-electron chi connectivity index (χ4n) is 4.52. The van der Waals surface area contributed by atoms with Gasteiger partial charge in [0.2, 0.25) is 5.95 Å². The van der Waals surface area contributed by atoms with Crippen LogP contribution in [0.2, 0.25) is 5.15 Å². The Labute approximate surface area is 192 Å². The van der Waals surface area contributed by atoms with Gasteiger partial charge >= 0.3 is 5.97 Å². The molecule has 1 aromatic carbocycles. The van der Waals surface area contributed by atoms with Gasteiger partial charge in [-0.3, -0.25) is 9.36 Å². The summed E-state index contributed by atoms with van der Waals surface area (Å²) in [5, 5.41) is 12.8. The van der Waals surface area contributed by atoms with Crippen LogP contribution < -0.4 is 15.8 Å². The largest absolute Gasteiger partial charge is 0.476 e. The molecular formula is C22H21ClFN5O4. The lowest BCUT2D eigenvalue weighted by Crippen LogP contribution is -2.52. The zero-order chi connectivity index (χ0) is 23.3. The van der Waals surface area contributed by atoms with E-state index in [0.29, 0.717) is 43.3 Å². The van der Waals surface area contributed by atoms with Crippen molar-refractivity contribution in [2.24, 2.45) is 0 Å². The van der Waals surface area contributed by atoms with Gasteiger partial charge in [-0.25, -0.2) is 19.2 Å². The van der Waals surface area contributed by atoms with E-state index in [1.165, 1.54) is 24.3 Å². The number of anilines is 2. The van der Waals surface area contributed by atoms with Gasteiger partial charge in [0.15, 0.2) is 5.69 Å². The molecule has 2 aliphatic heterocycles. The molecule has 0 unspecified atom stereocenters. The Morgan fingerprint density at radius 3 is 2.94 bits per heavy atom. The first kappa shape index (κ1) is 21.6. The number of halogens is 2. The summed E-state index contributed by atoms with van der Waals surface area (Å²) in [6.07, 6.45) is 0.752. The predicted octanol–water partition coefficient (Wildman–Crippen LogP) is 3.06. The third kappa shape index (κ3) is 3.79. The molecule has 0 saturated carbocycles. The van der Waals surface area contributed by atoms with Crippen LogP contribution in [0.25, 0.3) is 10.9 Å². The van der Waals surface area contributed by atoms with Crippen molar-refractivity contribution in [2.75, 3.05) is 30.0 Å². The maximum absolute atomic E-state index is 14.6. The summed E-state index contributed by atoms with van der Waals surface area (Å²) in [6.45, 7) is 3.96. The van der Waals surface area contributed by atoms with Crippen LogP contribution in [0.4, 0.5) is 16.0 Å². The molecule has 0 radical (unpaired) electrons. The topological polar surface area (TPSA) is 110 Å². The van der Waals surface area contributed by atoms with E-state index in [1.807, 2.05) is 0 Å². The van der Waals surface area contributed by atoms with Crippen LogP contribution in [0.3, 0.4) is 0 Å². The highest BCUT2D eigenvalue weighted by molar-refractivity contribution is 6.29. The second-order valence-electron chi connectivity index (χ2n) is 8.17. The van der Waals surface area contributed by atoms with Crippen molar-refractivity contribution in [3.8, 4) is 0 Å². The normalized spacial score (nSPS) is 18.5. The fraction of sp³-hybridized carbons (Fsp3) is 0.364. The molecule has 4 heterocycles. The number of fused-ring (bicyclic) bond motifs is 4. The Balaban J connectivity index is 1.62. The number of rotatable bonds is 4. The van der Waals surface area contributed by atoms with Crippen LogP contribution in [0.1, 0.15) is 35.4 Å². The van der Waals surface area contributed by atoms with Crippen LogP contribution >= 0.6 is 11.6 Å². The Bertz CT molecular complexity index is 1330. The minimum atomic E-state index is -1.25. The van der Waals surface area contributed by atoms with Crippen molar-refractivity contribution < 1.29 is 19.0 Å². The fourth-order valence-corrected chi connectivity index (χ4v) is 4.66. The summed E-state index contributed by atoms with van der Waals surface area (Å²) in [7, 11) is 0. The highest BCUT2D eigenvalue weighted by Crippen LogP contribution is 2.31. The zero-order valence-corrected chi connectivity index (χ0v) is 18.5. The molecule has 1 fully saturated rings. The third-order valence-corrected chi connectivity index (χ3v) is 6.32. The van der Waals surface area contributed by atoms with Crippen LogP contribution in [0, 0.1) is 5.82 Å². The minimum absolute atomic E-state index is 0.0446. The summed E-state index contributed by atoms with van der Waals surface area (Å²) >= 11 is 5.84. The smallest absolute Gasteiger partial charge is 0.356 e. The number of carbonyl (C=O) groups is 1. The molecule has 0 bridgehead atoms. The monoisotopic (exact) mass is 473 g/mol. The van der Waals surface area contributed by atoms with Crippen molar-refractivity contribution >= 4 is 40.1 Å². The molecule has 1 saturated heterocycles. The molecule has 9 nitrogen and oxygen atoms in total. The van der Waals surface area contributed by atoms with Gasteiger partial charge in [-0.05, 0) is 37.6 Å². The highest BCUT2D eigenvalue weighted by atomic mass is 35.5. The van der Waals surface area contributed by atoms with Crippen LogP contribution in [-0.4, -0.2) is 51.4 Å². The van der Waals surface area contributed by atoms with Crippen molar-refractivity contribution in [2.45, 2.75) is 32.0 Å². The van der Waals surface area contributed by atoms with Gasteiger partial charge in [0.25, 0.3) is 5.56 Å². The molecule has 0 spiro atoms. The highest BCUT2D eigenvalue weighted by Gasteiger charge is 2.32. The van der Waals surface area contributed by atoms with E-state index in [9.17, 15) is 19.1 Å². The number of pyridine rings is 1. The molecule has 2 atom stereocenters. The second-order valence-corrected chi connectivity index (χ2v) is 8.56. The van der Waals surface area contributed by atoms with E-state index in [1.54, 1.807) is 11.5 Å². The number of hydrogen-bond donors (Lipinski definition) is 2. The molecule has 0 aliphatic carbocycles. The van der Waals surface area contributed by atoms with Crippen molar-refractivity contribution in [3.05, 3.63) is 56.8 Å². The maximum atomic E-state index is 14.6. The van der Waals surface area contributed by atoms with Gasteiger partial charge < -0.3 is 20.1 Å². The quantitative estimate of drug-likeness (QED) is 0.556. The number of aromatic carboxylic acids is 1. The summed E-state index contributed by atoms with van der Waals surface area (Å²) in [5.41, 5.74) is 0.481. The summed E-state index contributed by atoms with van der Waals surface area (Å²) in [4.78, 5) is 35.6. The molecule has 2 aromatic heterocycles. The van der Waals surface area contributed by atoms with Gasteiger partial charge in [-0.1, -0.05) is 11.6 Å². The van der Waals surface area contributed by atoms with E-state index in [0.717, 1.165) is 6.42 Å². The number of morpholine rings is 1. The standard InChI is InChI=1S/C22H21ClFN5O4/c1-11(25-16-2-3-17(23)26-19(16)21(31)32)14-8-12(24)9-15-18(14)27-22-28-6-7-33-10-13(28)4-5-29(22)20(15)30/h2-3,8-9,11,13,25H,4-7,10H2,1H3,(H,31,32)/t11-,13+/m1/s1. The first-order valence-electron chi connectivity index (χ1n) is 10.6. The molecule has 11 heteroatoms. The Morgan fingerprint density at radius 2 is 2.15 bits per heavy atom. The SMILES string of the molecule is C[C@@H](Nc1ccc(Cl)nc1C(=O)O)c1cc(F)cc2c(=O)n3c(nc12)N1CCOC[C@@H]1CC3. The first-order chi connectivity index (χ1) is 15.8. The van der Waals surface area contributed by atoms with Gasteiger partial charge in [0.05, 0.1) is 41.9 Å². The molecule has 3 aromatic rings. The molecule has 33 heavy (non-hydrogen) atoms. The summed E-state index contributed by atoms with van der Waals surface area (Å²) in [6, 6.07) is 5.04. The average Bonchev–Trinajstić information content (AvgIpc) is 2.80. The van der Waals surface area contributed by atoms with E-state index in [4.69, 9.17) is 21.3 Å². The number of carboxylic acids is 1.